The summed E-state index contributed by atoms with van der Waals surface area (Å²) >= 11 is 0. The van der Waals surface area contributed by atoms with Crippen LogP contribution in [-0.2, 0) is 15.7 Å². The van der Waals surface area contributed by atoms with E-state index in [-0.39, 0.29) is 13.2 Å². The van der Waals surface area contributed by atoms with Crippen LogP contribution in [-0.4, -0.2) is 26.9 Å². The van der Waals surface area contributed by atoms with Gasteiger partial charge in [-0.3, -0.25) is 0 Å². The highest BCUT2D eigenvalue weighted by Crippen LogP contribution is 2.32. The topological polar surface area (TPSA) is 53.7 Å². The second kappa shape index (κ2) is 4.76. The molecule has 94 valence electrons. The molecule has 0 bridgehead atoms. The summed E-state index contributed by atoms with van der Waals surface area (Å²) in [7, 11) is -0.337. The molecule has 3 rings (SSSR count). The first-order valence-electron chi connectivity index (χ1n) is 6.21. The van der Waals surface area contributed by atoms with Crippen LogP contribution in [0.1, 0.15) is 17.2 Å². The molecule has 5 heteroatoms. The van der Waals surface area contributed by atoms with Gasteiger partial charge in [-0.1, -0.05) is 12.1 Å². The van der Waals surface area contributed by atoms with Crippen LogP contribution in [0.5, 0.6) is 5.75 Å². The first-order valence-corrected chi connectivity index (χ1v) is 6.21. The summed E-state index contributed by atoms with van der Waals surface area (Å²) < 4.78 is 17.2. The third-order valence-electron chi connectivity index (χ3n) is 3.37. The van der Waals surface area contributed by atoms with Crippen LogP contribution >= 0.6 is 0 Å². The molecule has 2 N–H and O–H groups in total. The maximum Gasteiger partial charge on any atom is 0.498 e. The Morgan fingerprint density at radius 2 is 2.33 bits per heavy atom. The van der Waals surface area contributed by atoms with Gasteiger partial charge in [0.2, 0.25) is 0 Å². The lowest BCUT2D eigenvalue weighted by atomic mass is 9.76. The summed E-state index contributed by atoms with van der Waals surface area (Å²) in [5.41, 5.74) is 9.13. The quantitative estimate of drug-likeness (QED) is 0.624. The number of hydrogen-bond acceptors (Lipinski definition) is 4. The van der Waals surface area contributed by atoms with Crippen LogP contribution in [0, 0.1) is 0 Å². The van der Waals surface area contributed by atoms with Crippen molar-refractivity contribution in [3.8, 4) is 5.75 Å². The Labute approximate surface area is 107 Å². The van der Waals surface area contributed by atoms with E-state index in [1.165, 1.54) is 5.56 Å². The zero-order valence-corrected chi connectivity index (χ0v) is 10.2. The lowest BCUT2D eigenvalue weighted by Crippen LogP contribution is -2.31. The smallest absolute Gasteiger partial charge is 0.492 e. The lowest BCUT2D eigenvalue weighted by molar-refractivity contribution is 0.147. The molecule has 1 aromatic carbocycles. The summed E-state index contributed by atoms with van der Waals surface area (Å²) in [6, 6.07) is 4.05. The van der Waals surface area contributed by atoms with Crippen molar-refractivity contribution in [2.45, 2.75) is 12.5 Å². The van der Waals surface area contributed by atoms with Crippen LogP contribution in [0.2, 0.25) is 0 Å². The van der Waals surface area contributed by atoms with E-state index in [0.29, 0.717) is 19.8 Å². The Kier molecular flexibility index (Phi) is 3.12. The summed E-state index contributed by atoms with van der Waals surface area (Å²) in [6.45, 7) is 5.33. The Bertz CT molecular complexity index is 478. The number of ether oxygens (including phenoxy) is 1. The molecule has 0 radical (unpaired) electrons. The Balaban J connectivity index is 2.14. The van der Waals surface area contributed by atoms with E-state index in [1.807, 2.05) is 12.1 Å². The molecule has 0 amide bonds. The van der Waals surface area contributed by atoms with E-state index in [0.717, 1.165) is 23.2 Å². The molecule has 1 aromatic rings. The maximum absolute atomic E-state index is 5.87. The van der Waals surface area contributed by atoms with E-state index in [2.05, 4.69) is 12.6 Å². The Morgan fingerprint density at radius 3 is 3.11 bits per heavy atom. The summed E-state index contributed by atoms with van der Waals surface area (Å²) in [4.78, 5) is 0. The van der Waals surface area contributed by atoms with Gasteiger partial charge >= 0.3 is 7.12 Å². The molecule has 18 heavy (non-hydrogen) atoms. The maximum atomic E-state index is 5.87. The van der Waals surface area contributed by atoms with E-state index in [1.54, 1.807) is 0 Å². The third kappa shape index (κ3) is 1.75. The molecule has 4 nitrogen and oxygen atoms in total. The summed E-state index contributed by atoms with van der Waals surface area (Å²) in [6.07, 6.45) is 2.58. The summed E-state index contributed by atoms with van der Waals surface area (Å²) in [5, 5.41) is 0. The number of hydrogen-bond donors (Lipinski definition) is 1. The molecule has 1 atom stereocenters. The molecule has 0 aliphatic carbocycles. The van der Waals surface area contributed by atoms with Gasteiger partial charge in [0.25, 0.3) is 0 Å². The number of benzene rings is 1. The predicted molar refractivity (Wildman–Crippen MR) is 70.1 cm³/mol. The van der Waals surface area contributed by atoms with Crippen molar-refractivity contribution in [1.82, 2.24) is 0 Å². The predicted octanol–water partition coefficient (Wildman–Crippen LogP) is 0.549. The van der Waals surface area contributed by atoms with Gasteiger partial charge in [-0.2, -0.15) is 0 Å². The zero-order chi connectivity index (χ0) is 12.5. The normalized spacial score (nSPS) is 21.2. The molecular weight excluding hydrogens is 229 g/mol. The van der Waals surface area contributed by atoms with Gasteiger partial charge in [-0.05, 0) is 23.6 Å². The average molecular weight is 245 g/mol. The SMILES string of the molecule is C=CCc1ccc2c3c1[C@@H](CN)OB3OCCO2. The molecular formula is C13H16BNO3. The van der Waals surface area contributed by atoms with Crippen molar-refractivity contribution in [2.24, 2.45) is 5.73 Å². The van der Waals surface area contributed by atoms with Crippen molar-refractivity contribution in [3.63, 3.8) is 0 Å². The molecule has 0 saturated heterocycles. The molecule has 0 unspecified atom stereocenters. The molecule has 2 aliphatic rings. The van der Waals surface area contributed by atoms with Crippen LogP contribution in [0.25, 0.3) is 0 Å². The minimum atomic E-state index is -0.337. The number of rotatable bonds is 3. The van der Waals surface area contributed by atoms with Crippen molar-refractivity contribution < 1.29 is 14.0 Å². The van der Waals surface area contributed by atoms with E-state index in [4.69, 9.17) is 19.8 Å². The first-order chi connectivity index (χ1) is 8.85. The highest BCUT2D eigenvalue weighted by molar-refractivity contribution is 6.64. The number of nitrogens with two attached hydrogens (primary N) is 1. The fourth-order valence-corrected chi connectivity index (χ4v) is 2.63. The fourth-order valence-electron chi connectivity index (χ4n) is 2.63. The molecule has 2 aliphatic heterocycles. The number of allylic oxidation sites excluding steroid dienone is 1. The Hall–Kier alpha value is -1.30. The molecule has 0 spiro atoms. The van der Waals surface area contributed by atoms with Gasteiger partial charge in [0.05, 0.1) is 12.7 Å². The monoisotopic (exact) mass is 245 g/mol. The van der Waals surface area contributed by atoms with Crippen LogP contribution in [0.3, 0.4) is 0 Å². The van der Waals surface area contributed by atoms with Crippen LogP contribution in [0.15, 0.2) is 24.8 Å². The highest BCUT2D eigenvalue weighted by atomic mass is 16.6. The van der Waals surface area contributed by atoms with Crippen molar-refractivity contribution in [2.75, 3.05) is 19.8 Å². The van der Waals surface area contributed by atoms with Gasteiger partial charge in [0.15, 0.2) is 0 Å². The van der Waals surface area contributed by atoms with Gasteiger partial charge in [0.1, 0.15) is 12.4 Å². The van der Waals surface area contributed by atoms with E-state index < -0.39 is 0 Å². The Morgan fingerprint density at radius 1 is 1.44 bits per heavy atom. The van der Waals surface area contributed by atoms with Crippen molar-refractivity contribution in [1.29, 1.82) is 0 Å². The van der Waals surface area contributed by atoms with Gasteiger partial charge < -0.3 is 19.8 Å². The average Bonchev–Trinajstić information content (AvgIpc) is 2.64. The standard InChI is InChI=1S/C13H16BNO3/c1-2-3-9-4-5-10-13-12(9)11(8-15)18-14(13)17-7-6-16-10/h2,4-5,11H,1,3,6-8,15H2/t11-/m1/s1. The summed E-state index contributed by atoms with van der Waals surface area (Å²) in [5.74, 6) is 0.858. The largest absolute Gasteiger partial charge is 0.498 e. The minimum Gasteiger partial charge on any atom is -0.492 e. The van der Waals surface area contributed by atoms with E-state index >= 15 is 0 Å². The second-order valence-electron chi connectivity index (χ2n) is 4.45. The molecule has 2 heterocycles. The minimum absolute atomic E-state index is 0.110. The van der Waals surface area contributed by atoms with Crippen molar-refractivity contribution >= 4 is 12.6 Å². The third-order valence-corrected chi connectivity index (χ3v) is 3.37. The first kappa shape index (κ1) is 11.8. The van der Waals surface area contributed by atoms with Crippen LogP contribution < -0.4 is 15.9 Å². The fraction of sp³-hybridized carbons (Fsp3) is 0.385. The van der Waals surface area contributed by atoms with Gasteiger partial charge in [0, 0.05) is 12.0 Å². The molecule has 0 saturated carbocycles. The molecule has 0 fully saturated rings. The van der Waals surface area contributed by atoms with Crippen LogP contribution in [0.4, 0.5) is 0 Å². The van der Waals surface area contributed by atoms with E-state index in [9.17, 15) is 0 Å². The van der Waals surface area contributed by atoms with Gasteiger partial charge in [-0.15, -0.1) is 6.58 Å². The zero-order valence-electron chi connectivity index (χ0n) is 10.2. The highest BCUT2D eigenvalue weighted by Gasteiger charge is 2.42. The lowest BCUT2D eigenvalue weighted by Gasteiger charge is -2.15. The van der Waals surface area contributed by atoms with Crippen molar-refractivity contribution in [3.05, 3.63) is 35.9 Å². The molecule has 0 aromatic heterocycles. The second-order valence-corrected chi connectivity index (χ2v) is 4.45. The van der Waals surface area contributed by atoms with Gasteiger partial charge in [-0.25, -0.2) is 0 Å².